The van der Waals surface area contributed by atoms with Crippen LogP contribution in [0.2, 0.25) is 0 Å². The number of likely N-dealkylation sites (N-methyl/N-ethyl adjacent to an activating group) is 1. The number of carbonyl (C=O) groups is 1. The smallest absolute Gasteiger partial charge is 0.274 e. The first-order valence-corrected chi connectivity index (χ1v) is 5.67. The van der Waals surface area contributed by atoms with Crippen molar-refractivity contribution in [2.45, 2.75) is 26.4 Å². The van der Waals surface area contributed by atoms with Crippen molar-refractivity contribution in [1.82, 2.24) is 14.9 Å². The molecule has 0 saturated carbocycles. The number of rotatable bonds is 5. The highest BCUT2D eigenvalue weighted by atomic mass is 16.3. The Morgan fingerprint density at radius 2 is 2.22 bits per heavy atom. The number of nitrogens with two attached hydrogens (primary N) is 1. The molecule has 0 aliphatic rings. The van der Waals surface area contributed by atoms with E-state index in [0.29, 0.717) is 12.4 Å². The number of anilines is 1. The van der Waals surface area contributed by atoms with E-state index >= 15 is 0 Å². The average molecular weight is 253 g/mol. The quantitative estimate of drug-likeness (QED) is 0.504. The number of nitrogen functional groups attached to an aromatic ring is 1. The molecule has 0 radical (unpaired) electrons. The number of amides is 1. The van der Waals surface area contributed by atoms with Crippen molar-refractivity contribution in [3.8, 4) is 0 Å². The standard InChI is InChI=1S/C11H19N5O2/c1-4-16(7-11(2,3)18)10(17)8-5-13-6-9(14-8)15-12/h5-6,18H,4,7,12H2,1-3H3,(H,14,15). The second-order valence-corrected chi connectivity index (χ2v) is 4.57. The minimum atomic E-state index is -0.956. The first-order valence-electron chi connectivity index (χ1n) is 5.67. The molecule has 0 saturated heterocycles. The van der Waals surface area contributed by atoms with Crippen molar-refractivity contribution in [3.63, 3.8) is 0 Å². The zero-order chi connectivity index (χ0) is 13.8. The topological polar surface area (TPSA) is 104 Å². The van der Waals surface area contributed by atoms with Gasteiger partial charge in [0.15, 0.2) is 5.82 Å². The number of aromatic nitrogens is 2. The molecule has 0 bridgehead atoms. The number of hydrazine groups is 1. The van der Waals surface area contributed by atoms with Crippen molar-refractivity contribution in [1.29, 1.82) is 0 Å². The molecule has 0 atom stereocenters. The molecule has 0 unspecified atom stereocenters. The number of hydrogen-bond acceptors (Lipinski definition) is 6. The highest BCUT2D eigenvalue weighted by Crippen LogP contribution is 2.09. The molecule has 1 heterocycles. The van der Waals surface area contributed by atoms with Gasteiger partial charge in [-0.15, -0.1) is 0 Å². The van der Waals surface area contributed by atoms with Crippen LogP contribution in [-0.4, -0.2) is 44.6 Å². The maximum absolute atomic E-state index is 12.2. The third-order valence-corrected chi connectivity index (χ3v) is 2.25. The van der Waals surface area contributed by atoms with E-state index in [4.69, 9.17) is 5.84 Å². The summed E-state index contributed by atoms with van der Waals surface area (Å²) in [7, 11) is 0. The van der Waals surface area contributed by atoms with Crippen LogP contribution in [0.25, 0.3) is 0 Å². The fraction of sp³-hybridized carbons (Fsp3) is 0.545. The number of aliphatic hydroxyl groups is 1. The van der Waals surface area contributed by atoms with E-state index < -0.39 is 5.60 Å². The van der Waals surface area contributed by atoms with Crippen LogP contribution in [0.5, 0.6) is 0 Å². The first kappa shape index (κ1) is 14.3. The third kappa shape index (κ3) is 3.94. The fourth-order valence-corrected chi connectivity index (χ4v) is 1.49. The molecular formula is C11H19N5O2. The van der Waals surface area contributed by atoms with E-state index in [1.54, 1.807) is 13.8 Å². The lowest BCUT2D eigenvalue weighted by atomic mass is 10.1. The predicted molar refractivity (Wildman–Crippen MR) is 67.7 cm³/mol. The van der Waals surface area contributed by atoms with Crippen LogP contribution in [0.3, 0.4) is 0 Å². The van der Waals surface area contributed by atoms with Gasteiger partial charge in [-0.25, -0.2) is 10.8 Å². The average Bonchev–Trinajstić information content (AvgIpc) is 2.34. The Balaban J connectivity index is 2.89. The molecule has 0 aliphatic carbocycles. The van der Waals surface area contributed by atoms with Gasteiger partial charge in [-0.1, -0.05) is 0 Å². The molecule has 1 rings (SSSR count). The summed E-state index contributed by atoms with van der Waals surface area (Å²) < 4.78 is 0. The van der Waals surface area contributed by atoms with E-state index in [-0.39, 0.29) is 18.1 Å². The molecule has 0 fully saturated rings. The highest BCUT2D eigenvalue weighted by molar-refractivity contribution is 5.92. The highest BCUT2D eigenvalue weighted by Gasteiger charge is 2.23. The van der Waals surface area contributed by atoms with Crippen LogP contribution >= 0.6 is 0 Å². The molecule has 7 nitrogen and oxygen atoms in total. The summed E-state index contributed by atoms with van der Waals surface area (Å²) in [5.41, 5.74) is 1.57. The predicted octanol–water partition coefficient (Wildman–Crippen LogP) is -0.00480. The van der Waals surface area contributed by atoms with Crippen molar-refractivity contribution >= 4 is 11.7 Å². The van der Waals surface area contributed by atoms with E-state index in [9.17, 15) is 9.90 Å². The molecule has 0 aliphatic heterocycles. The van der Waals surface area contributed by atoms with Gasteiger partial charge < -0.3 is 15.4 Å². The van der Waals surface area contributed by atoms with Crippen LogP contribution in [-0.2, 0) is 0 Å². The summed E-state index contributed by atoms with van der Waals surface area (Å²) in [5.74, 6) is 5.24. The summed E-state index contributed by atoms with van der Waals surface area (Å²) in [6.45, 7) is 5.83. The van der Waals surface area contributed by atoms with Gasteiger partial charge in [-0.2, -0.15) is 0 Å². The maximum Gasteiger partial charge on any atom is 0.274 e. The Hall–Kier alpha value is -1.73. The van der Waals surface area contributed by atoms with Gasteiger partial charge in [0.2, 0.25) is 0 Å². The van der Waals surface area contributed by atoms with Crippen LogP contribution in [0.1, 0.15) is 31.3 Å². The molecule has 100 valence electrons. The Bertz CT molecular complexity index is 416. The zero-order valence-electron chi connectivity index (χ0n) is 10.8. The summed E-state index contributed by atoms with van der Waals surface area (Å²) >= 11 is 0. The van der Waals surface area contributed by atoms with E-state index in [0.717, 1.165) is 0 Å². The maximum atomic E-state index is 12.2. The van der Waals surface area contributed by atoms with E-state index in [1.165, 1.54) is 17.3 Å². The number of carbonyl (C=O) groups excluding carboxylic acids is 1. The number of nitrogens with one attached hydrogen (secondary N) is 1. The summed E-state index contributed by atoms with van der Waals surface area (Å²) in [5, 5.41) is 9.75. The third-order valence-electron chi connectivity index (χ3n) is 2.25. The number of nitrogens with zero attached hydrogens (tertiary/aromatic N) is 3. The SMILES string of the molecule is CCN(CC(C)(C)O)C(=O)c1cncc(NN)n1. The lowest BCUT2D eigenvalue weighted by Crippen LogP contribution is -2.42. The molecule has 0 spiro atoms. The summed E-state index contributed by atoms with van der Waals surface area (Å²) in [6, 6.07) is 0. The number of hydrogen-bond donors (Lipinski definition) is 3. The molecule has 1 aromatic rings. The van der Waals surface area contributed by atoms with Crippen molar-refractivity contribution in [2.24, 2.45) is 5.84 Å². The van der Waals surface area contributed by atoms with E-state index in [2.05, 4.69) is 15.4 Å². The molecule has 0 aromatic carbocycles. The van der Waals surface area contributed by atoms with Gasteiger partial charge in [0.25, 0.3) is 5.91 Å². The monoisotopic (exact) mass is 253 g/mol. The van der Waals surface area contributed by atoms with Crippen LogP contribution in [0.4, 0.5) is 5.82 Å². The second-order valence-electron chi connectivity index (χ2n) is 4.57. The largest absolute Gasteiger partial charge is 0.389 e. The Morgan fingerprint density at radius 1 is 1.56 bits per heavy atom. The molecular weight excluding hydrogens is 234 g/mol. The molecule has 18 heavy (non-hydrogen) atoms. The Morgan fingerprint density at radius 3 is 2.72 bits per heavy atom. The van der Waals surface area contributed by atoms with Gasteiger partial charge in [0, 0.05) is 13.1 Å². The first-order chi connectivity index (χ1) is 8.37. The lowest BCUT2D eigenvalue weighted by Gasteiger charge is -2.27. The zero-order valence-corrected chi connectivity index (χ0v) is 10.8. The Kier molecular flexibility index (Phi) is 4.57. The summed E-state index contributed by atoms with van der Waals surface area (Å²) in [6.07, 6.45) is 2.79. The minimum absolute atomic E-state index is 0.191. The van der Waals surface area contributed by atoms with E-state index in [1.807, 2.05) is 6.92 Å². The second kappa shape index (κ2) is 5.74. The van der Waals surface area contributed by atoms with Gasteiger partial charge in [0.05, 0.1) is 18.0 Å². The van der Waals surface area contributed by atoms with Crippen LogP contribution < -0.4 is 11.3 Å². The minimum Gasteiger partial charge on any atom is -0.389 e. The van der Waals surface area contributed by atoms with Crippen LogP contribution in [0, 0.1) is 0 Å². The van der Waals surface area contributed by atoms with Gasteiger partial charge in [-0.05, 0) is 20.8 Å². The Labute approximate surface area is 106 Å². The van der Waals surface area contributed by atoms with Crippen molar-refractivity contribution < 1.29 is 9.90 Å². The fourth-order valence-electron chi connectivity index (χ4n) is 1.49. The lowest BCUT2D eigenvalue weighted by molar-refractivity contribution is 0.0311. The van der Waals surface area contributed by atoms with Gasteiger partial charge in [-0.3, -0.25) is 9.78 Å². The van der Waals surface area contributed by atoms with Crippen LogP contribution in [0.15, 0.2) is 12.4 Å². The molecule has 1 amide bonds. The van der Waals surface area contributed by atoms with Crippen molar-refractivity contribution in [2.75, 3.05) is 18.5 Å². The summed E-state index contributed by atoms with van der Waals surface area (Å²) in [4.78, 5) is 21.6. The van der Waals surface area contributed by atoms with Gasteiger partial charge in [0.1, 0.15) is 5.69 Å². The molecule has 1 aromatic heterocycles. The molecule has 7 heteroatoms. The normalized spacial score (nSPS) is 11.2. The van der Waals surface area contributed by atoms with Crippen molar-refractivity contribution in [3.05, 3.63) is 18.1 Å². The van der Waals surface area contributed by atoms with Gasteiger partial charge >= 0.3 is 0 Å². The molecule has 4 N–H and O–H groups in total.